The molecule has 0 spiro atoms. The second-order valence-electron chi connectivity index (χ2n) is 3.91. The maximum atomic E-state index is 10.9. The van der Waals surface area contributed by atoms with Crippen LogP contribution in [0.5, 0.6) is 0 Å². The standard InChI is InChI=1S/C11H13N3O3/c1-6-10(8(3)17-13-6)5-14-7(2)9(4-12-14)11(15)16/h4H,5H2,1-3H3,(H,15,16). The number of aryl methyl sites for hydroxylation is 2. The number of aromatic nitrogens is 3. The van der Waals surface area contributed by atoms with Gasteiger partial charge in [-0.15, -0.1) is 0 Å². The van der Waals surface area contributed by atoms with Crippen LogP contribution >= 0.6 is 0 Å². The van der Waals surface area contributed by atoms with Crippen molar-refractivity contribution < 1.29 is 14.4 Å². The van der Waals surface area contributed by atoms with Crippen LogP contribution in [-0.4, -0.2) is 26.0 Å². The van der Waals surface area contributed by atoms with Crippen LogP contribution < -0.4 is 0 Å². The van der Waals surface area contributed by atoms with Crippen LogP contribution in [-0.2, 0) is 6.54 Å². The van der Waals surface area contributed by atoms with Gasteiger partial charge in [-0.1, -0.05) is 5.16 Å². The van der Waals surface area contributed by atoms with E-state index in [9.17, 15) is 4.79 Å². The Labute approximate surface area is 97.8 Å². The number of aromatic carboxylic acids is 1. The Morgan fingerprint density at radius 2 is 2.18 bits per heavy atom. The van der Waals surface area contributed by atoms with Crippen LogP contribution in [0.1, 0.15) is 33.1 Å². The van der Waals surface area contributed by atoms with E-state index in [4.69, 9.17) is 9.63 Å². The lowest BCUT2D eigenvalue weighted by Crippen LogP contribution is -2.07. The Kier molecular flexibility index (Phi) is 2.71. The molecule has 0 atom stereocenters. The molecule has 0 aliphatic rings. The van der Waals surface area contributed by atoms with E-state index in [2.05, 4.69) is 10.3 Å². The zero-order valence-corrected chi connectivity index (χ0v) is 9.89. The highest BCUT2D eigenvalue weighted by Gasteiger charge is 2.15. The van der Waals surface area contributed by atoms with E-state index < -0.39 is 5.97 Å². The van der Waals surface area contributed by atoms with Gasteiger partial charge in [-0.2, -0.15) is 5.10 Å². The smallest absolute Gasteiger partial charge is 0.339 e. The first-order chi connectivity index (χ1) is 8.00. The Morgan fingerprint density at radius 3 is 2.65 bits per heavy atom. The third-order valence-electron chi connectivity index (χ3n) is 2.82. The molecule has 0 aromatic carbocycles. The molecule has 6 nitrogen and oxygen atoms in total. The summed E-state index contributed by atoms with van der Waals surface area (Å²) in [5.74, 6) is -0.234. The average molecular weight is 235 g/mol. The van der Waals surface area contributed by atoms with Crippen LogP contribution in [0.2, 0.25) is 0 Å². The molecule has 0 radical (unpaired) electrons. The first kappa shape index (κ1) is 11.4. The number of hydrogen-bond acceptors (Lipinski definition) is 4. The third kappa shape index (κ3) is 1.93. The molecule has 2 heterocycles. The fourth-order valence-corrected chi connectivity index (χ4v) is 1.69. The normalized spacial score (nSPS) is 10.8. The molecule has 2 rings (SSSR count). The van der Waals surface area contributed by atoms with Crippen molar-refractivity contribution in [2.75, 3.05) is 0 Å². The molecular weight excluding hydrogens is 222 g/mol. The Morgan fingerprint density at radius 1 is 1.47 bits per heavy atom. The van der Waals surface area contributed by atoms with Gasteiger partial charge in [-0.05, 0) is 20.8 Å². The van der Waals surface area contributed by atoms with Gasteiger partial charge in [0.1, 0.15) is 11.3 Å². The van der Waals surface area contributed by atoms with E-state index in [1.165, 1.54) is 6.20 Å². The maximum absolute atomic E-state index is 10.9. The summed E-state index contributed by atoms with van der Waals surface area (Å²) in [4.78, 5) is 10.9. The highest BCUT2D eigenvalue weighted by Crippen LogP contribution is 2.16. The number of hydrogen-bond donors (Lipinski definition) is 1. The van der Waals surface area contributed by atoms with Crippen molar-refractivity contribution in [3.8, 4) is 0 Å². The van der Waals surface area contributed by atoms with Crippen LogP contribution in [0.3, 0.4) is 0 Å². The van der Waals surface area contributed by atoms with Gasteiger partial charge in [0.2, 0.25) is 0 Å². The molecule has 2 aromatic rings. The molecule has 0 unspecified atom stereocenters. The van der Waals surface area contributed by atoms with Crippen LogP contribution in [0, 0.1) is 20.8 Å². The first-order valence-electron chi connectivity index (χ1n) is 5.18. The number of nitrogens with zero attached hydrogens (tertiary/aromatic N) is 3. The van der Waals surface area contributed by atoms with Crippen molar-refractivity contribution in [1.29, 1.82) is 0 Å². The zero-order chi connectivity index (χ0) is 12.6. The van der Waals surface area contributed by atoms with Gasteiger partial charge < -0.3 is 9.63 Å². The quantitative estimate of drug-likeness (QED) is 0.872. The second kappa shape index (κ2) is 4.04. The molecule has 0 fully saturated rings. The maximum Gasteiger partial charge on any atom is 0.339 e. The van der Waals surface area contributed by atoms with Crippen molar-refractivity contribution in [2.45, 2.75) is 27.3 Å². The lowest BCUT2D eigenvalue weighted by atomic mass is 10.2. The fourth-order valence-electron chi connectivity index (χ4n) is 1.69. The van der Waals surface area contributed by atoms with Gasteiger partial charge in [0.15, 0.2) is 0 Å². The number of carbonyl (C=O) groups is 1. The molecule has 0 aliphatic carbocycles. The molecule has 17 heavy (non-hydrogen) atoms. The summed E-state index contributed by atoms with van der Waals surface area (Å²) in [6, 6.07) is 0. The molecule has 0 saturated carbocycles. The van der Waals surface area contributed by atoms with E-state index in [1.54, 1.807) is 11.6 Å². The Balaban J connectivity index is 2.34. The van der Waals surface area contributed by atoms with Gasteiger partial charge in [-0.3, -0.25) is 4.68 Å². The molecule has 0 aliphatic heterocycles. The number of rotatable bonds is 3. The average Bonchev–Trinajstić information content (AvgIpc) is 2.77. The minimum atomic E-state index is -0.965. The monoisotopic (exact) mass is 235 g/mol. The van der Waals surface area contributed by atoms with E-state index in [0.29, 0.717) is 12.2 Å². The van der Waals surface area contributed by atoms with Crippen molar-refractivity contribution in [2.24, 2.45) is 0 Å². The molecule has 0 saturated heterocycles. The third-order valence-corrected chi connectivity index (χ3v) is 2.82. The zero-order valence-electron chi connectivity index (χ0n) is 9.89. The molecular formula is C11H13N3O3. The van der Waals surface area contributed by atoms with Crippen LogP contribution in [0.25, 0.3) is 0 Å². The second-order valence-corrected chi connectivity index (χ2v) is 3.91. The van der Waals surface area contributed by atoms with Crippen LogP contribution in [0.4, 0.5) is 0 Å². The van der Waals surface area contributed by atoms with E-state index in [-0.39, 0.29) is 5.56 Å². The van der Waals surface area contributed by atoms with Gasteiger partial charge in [0.25, 0.3) is 0 Å². The summed E-state index contributed by atoms with van der Waals surface area (Å²) in [6.45, 7) is 5.88. The van der Waals surface area contributed by atoms with Crippen molar-refractivity contribution in [1.82, 2.24) is 14.9 Å². The summed E-state index contributed by atoms with van der Waals surface area (Å²) in [6.07, 6.45) is 1.36. The SMILES string of the molecule is Cc1noc(C)c1Cn1ncc(C(=O)O)c1C. The van der Waals surface area contributed by atoms with Gasteiger partial charge >= 0.3 is 5.97 Å². The summed E-state index contributed by atoms with van der Waals surface area (Å²) in [5, 5.41) is 16.8. The van der Waals surface area contributed by atoms with Crippen molar-refractivity contribution in [3.05, 3.63) is 34.5 Å². The number of carboxylic acid groups (broad SMARTS) is 1. The fraction of sp³-hybridized carbons (Fsp3) is 0.364. The summed E-state index contributed by atoms with van der Waals surface area (Å²) in [7, 11) is 0. The van der Waals surface area contributed by atoms with Gasteiger partial charge in [0, 0.05) is 5.56 Å². The van der Waals surface area contributed by atoms with Crippen molar-refractivity contribution in [3.63, 3.8) is 0 Å². The topological polar surface area (TPSA) is 81.2 Å². The lowest BCUT2D eigenvalue weighted by molar-refractivity contribution is 0.0696. The minimum absolute atomic E-state index is 0.219. The minimum Gasteiger partial charge on any atom is -0.478 e. The predicted molar refractivity (Wildman–Crippen MR) is 59.0 cm³/mol. The first-order valence-corrected chi connectivity index (χ1v) is 5.18. The van der Waals surface area contributed by atoms with Crippen LogP contribution in [0.15, 0.2) is 10.7 Å². The highest BCUT2D eigenvalue weighted by molar-refractivity contribution is 5.88. The summed E-state index contributed by atoms with van der Waals surface area (Å²) in [5.41, 5.74) is 2.58. The molecule has 0 bridgehead atoms. The van der Waals surface area contributed by atoms with Crippen molar-refractivity contribution >= 4 is 5.97 Å². The van der Waals surface area contributed by atoms with E-state index >= 15 is 0 Å². The Bertz CT molecular complexity index is 549. The van der Waals surface area contributed by atoms with Gasteiger partial charge in [-0.25, -0.2) is 4.79 Å². The van der Waals surface area contributed by atoms with E-state index in [1.807, 2.05) is 13.8 Å². The largest absolute Gasteiger partial charge is 0.478 e. The molecule has 90 valence electrons. The lowest BCUT2D eigenvalue weighted by Gasteiger charge is -2.03. The van der Waals surface area contributed by atoms with E-state index in [0.717, 1.165) is 17.0 Å². The molecule has 6 heteroatoms. The number of carboxylic acids is 1. The predicted octanol–water partition coefficient (Wildman–Crippen LogP) is 1.54. The molecule has 2 aromatic heterocycles. The Hall–Kier alpha value is -2.11. The summed E-state index contributed by atoms with van der Waals surface area (Å²) < 4.78 is 6.69. The highest BCUT2D eigenvalue weighted by atomic mass is 16.5. The van der Waals surface area contributed by atoms with Gasteiger partial charge in [0.05, 0.1) is 24.1 Å². The molecule has 1 N–H and O–H groups in total. The summed E-state index contributed by atoms with van der Waals surface area (Å²) >= 11 is 0. The molecule has 0 amide bonds.